The fraction of sp³-hybridized carbons (Fsp3) is 0.261. The van der Waals surface area contributed by atoms with Crippen molar-refractivity contribution in [3.05, 3.63) is 77.4 Å². The summed E-state index contributed by atoms with van der Waals surface area (Å²) < 4.78 is 5.27. The van der Waals surface area contributed by atoms with E-state index in [0.29, 0.717) is 0 Å². The van der Waals surface area contributed by atoms with Crippen molar-refractivity contribution in [2.75, 3.05) is 7.11 Å². The van der Waals surface area contributed by atoms with Crippen LogP contribution in [0.4, 0.5) is 0 Å². The van der Waals surface area contributed by atoms with E-state index in [1.165, 1.54) is 5.56 Å². The quantitative estimate of drug-likeness (QED) is 0.694. The van der Waals surface area contributed by atoms with E-state index < -0.39 is 0 Å². The van der Waals surface area contributed by atoms with Crippen LogP contribution in [-0.4, -0.2) is 13.0 Å². The van der Waals surface area contributed by atoms with Crippen LogP contribution in [0, 0.1) is 6.92 Å². The molecule has 0 saturated heterocycles. The van der Waals surface area contributed by atoms with Crippen LogP contribution < -0.4 is 10.1 Å². The summed E-state index contributed by atoms with van der Waals surface area (Å²) >= 11 is 0. The highest BCUT2D eigenvalue weighted by Crippen LogP contribution is 2.26. The molecule has 3 aromatic carbocycles. The fourth-order valence-electron chi connectivity index (χ4n) is 3.28. The van der Waals surface area contributed by atoms with E-state index in [1.54, 1.807) is 7.11 Å². The summed E-state index contributed by atoms with van der Waals surface area (Å²) in [5.74, 6) is 0.657. The molecule has 0 heterocycles. The Balaban J connectivity index is 1.77. The molecule has 0 aliphatic heterocycles. The van der Waals surface area contributed by atoms with Gasteiger partial charge in [0.15, 0.2) is 0 Å². The molecule has 0 bridgehead atoms. The molecule has 0 saturated carbocycles. The Bertz CT molecular complexity index is 932. The number of hydrogen-bond acceptors (Lipinski definition) is 2. The monoisotopic (exact) mass is 347 g/mol. The third kappa shape index (κ3) is 3.72. The summed E-state index contributed by atoms with van der Waals surface area (Å²) in [5.41, 5.74) is 3.35. The number of nitrogens with one attached hydrogen (secondary N) is 1. The largest absolute Gasteiger partial charge is 0.497 e. The molecule has 0 aliphatic carbocycles. The number of ether oxygens (including phenoxy) is 1. The Morgan fingerprint density at radius 2 is 1.65 bits per heavy atom. The van der Waals surface area contributed by atoms with Crippen LogP contribution >= 0.6 is 0 Å². The zero-order chi connectivity index (χ0) is 18.7. The summed E-state index contributed by atoms with van der Waals surface area (Å²) in [7, 11) is 1.66. The van der Waals surface area contributed by atoms with E-state index in [1.807, 2.05) is 56.3 Å². The second-order valence-corrected chi connectivity index (χ2v) is 6.78. The van der Waals surface area contributed by atoms with E-state index in [-0.39, 0.29) is 17.9 Å². The van der Waals surface area contributed by atoms with Crippen molar-refractivity contribution < 1.29 is 9.53 Å². The molecule has 0 aromatic heterocycles. The van der Waals surface area contributed by atoms with Gasteiger partial charge in [0.25, 0.3) is 0 Å². The van der Waals surface area contributed by atoms with Crippen LogP contribution in [0.5, 0.6) is 5.75 Å². The number of aryl methyl sites for hydroxylation is 1. The number of carbonyl (C=O) groups is 1. The molecule has 3 rings (SSSR count). The van der Waals surface area contributed by atoms with Gasteiger partial charge in [-0.3, -0.25) is 4.79 Å². The summed E-state index contributed by atoms with van der Waals surface area (Å²) in [6.07, 6.45) is 0. The van der Waals surface area contributed by atoms with Crippen molar-refractivity contribution in [1.82, 2.24) is 5.32 Å². The normalized spacial score (nSPS) is 13.2. The maximum absolute atomic E-state index is 12.7. The third-order valence-electron chi connectivity index (χ3n) is 4.98. The standard InChI is InChI=1S/C23H25NO2/c1-15-7-5-6-8-22(15)17(3)24-23(25)16(2)18-9-10-20-14-21(26-4)12-11-19(20)13-18/h5-14,16-17H,1-4H3,(H,24,25)/t16-,17-/m1/s1. The number of methoxy groups -OCH3 is 1. The van der Waals surface area contributed by atoms with E-state index in [2.05, 4.69) is 30.4 Å². The van der Waals surface area contributed by atoms with Gasteiger partial charge >= 0.3 is 0 Å². The fourth-order valence-corrected chi connectivity index (χ4v) is 3.28. The van der Waals surface area contributed by atoms with E-state index in [4.69, 9.17) is 4.74 Å². The van der Waals surface area contributed by atoms with Gasteiger partial charge in [0.2, 0.25) is 5.91 Å². The average Bonchev–Trinajstić information content (AvgIpc) is 2.66. The molecule has 0 fully saturated rings. The molecule has 3 heteroatoms. The van der Waals surface area contributed by atoms with Gasteiger partial charge in [0, 0.05) is 0 Å². The van der Waals surface area contributed by atoms with Gasteiger partial charge in [-0.15, -0.1) is 0 Å². The summed E-state index contributed by atoms with van der Waals surface area (Å²) in [4.78, 5) is 12.7. The second-order valence-electron chi connectivity index (χ2n) is 6.78. The first-order chi connectivity index (χ1) is 12.5. The Hall–Kier alpha value is -2.81. The van der Waals surface area contributed by atoms with Crippen molar-refractivity contribution in [2.24, 2.45) is 0 Å². The Morgan fingerprint density at radius 1 is 0.962 bits per heavy atom. The molecular weight excluding hydrogens is 322 g/mol. The second kappa shape index (κ2) is 7.61. The first kappa shape index (κ1) is 18.0. The molecule has 0 radical (unpaired) electrons. The average molecular weight is 347 g/mol. The van der Waals surface area contributed by atoms with Crippen LogP contribution in [0.1, 0.15) is 42.5 Å². The van der Waals surface area contributed by atoms with Crippen molar-refractivity contribution >= 4 is 16.7 Å². The third-order valence-corrected chi connectivity index (χ3v) is 4.98. The van der Waals surface area contributed by atoms with Crippen LogP contribution in [0.3, 0.4) is 0 Å². The van der Waals surface area contributed by atoms with E-state index in [0.717, 1.165) is 27.6 Å². The van der Waals surface area contributed by atoms with Gasteiger partial charge in [0.05, 0.1) is 19.1 Å². The first-order valence-corrected chi connectivity index (χ1v) is 8.93. The van der Waals surface area contributed by atoms with Crippen molar-refractivity contribution in [1.29, 1.82) is 0 Å². The summed E-state index contributed by atoms with van der Waals surface area (Å²) in [6.45, 7) is 6.04. The Morgan fingerprint density at radius 3 is 2.38 bits per heavy atom. The SMILES string of the molecule is COc1ccc2cc([C@@H](C)C(=O)N[C@H](C)c3ccccc3C)ccc2c1. The maximum Gasteiger partial charge on any atom is 0.227 e. The van der Waals surface area contributed by atoms with Crippen molar-refractivity contribution in [3.8, 4) is 5.75 Å². The molecule has 134 valence electrons. The first-order valence-electron chi connectivity index (χ1n) is 8.93. The summed E-state index contributed by atoms with van der Waals surface area (Å²) in [6, 6.07) is 20.2. The van der Waals surface area contributed by atoms with Crippen LogP contribution in [0.25, 0.3) is 10.8 Å². The zero-order valence-electron chi connectivity index (χ0n) is 15.7. The number of fused-ring (bicyclic) bond motifs is 1. The molecule has 0 spiro atoms. The van der Waals surface area contributed by atoms with Crippen LogP contribution in [-0.2, 0) is 4.79 Å². The smallest absolute Gasteiger partial charge is 0.227 e. The maximum atomic E-state index is 12.7. The topological polar surface area (TPSA) is 38.3 Å². The minimum Gasteiger partial charge on any atom is -0.497 e. The van der Waals surface area contributed by atoms with Crippen molar-refractivity contribution in [2.45, 2.75) is 32.7 Å². The Kier molecular flexibility index (Phi) is 5.27. The number of rotatable bonds is 5. The zero-order valence-corrected chi connectivity index (χ0v) is 15.7. The lowest BCUT2D eigenvalue weighted by molar-refractivity contribution is -0.122. The molecule has 2 atom stereocenters. The summed E-state index contributed by atoms with van der Waals surface area (Å²) in [5, 5.41) is 5.35. The number of amides is 1. The minimum absolute atomic E-state index is 0.0177. The molecule has 0 unspecified atom stereocenters. The van der Waals surface area contributed by atoms with Crippen LogP contribution in [0.2, 0.25) is 0 Å². The van der Waals surface area contributed by atoms with Gasteiger partial charge < -0.3 is 10.1 Å². The lowest BCUT2D eigenvalue weighted by Crippen LogP contribution is -2.30. The van der Waals surface area contributed by atoms with E-state index in [9.17, 15) is 4.79 Å². The van der Waals surface area contributed by atoms with Gasteiger partial charge in [-0.2, -0.15) is 0 Å². The number of benzene rings is 3. The van der Waals surface area contributed by atoms with Gasteiger partial charge in [-0.25, -0.2) is 0 Å². The number of hydrogen-bond donors (Lipinski definition) is 1. The number of carbonyl (C=O) groups excluding carboxylic acids is 1. The highest BCUT2D eigenvalue weighted by Gasteiger charge is 2.19. The predicted molar refractivity (Wildman–Crippen MR) is 107 cm³/mol. The molecule has 3 nitrogen and oxygen atoms in total. The molecule has 1 N–H and O–H groups in total. The lowest BCUT2D eigenvalue weighted by Gasteiger charge is -2.20. The molecule has 0 aliphatic rings. The molecule has 3 aromatic rings. The molecule has 1 amide bonds. The lowest BCUT2D eigenvalue weighted by atomic mass is 9.96. The highest BCUT2D eigenvalue weighted by atomic mass is 16.5. The van der Waals surface area contributed by atoms with E-state index >= 15 is 0 Å². The van der Waals surface area contributed by atoms with Crippen LogP contribution in [0.15, 0.2) is 60.7 Å². The van der Waals surface area contributed by atoms with Gasteiger partial charge in [-0.1, -0.05) is 48.5 Å². The van der Waals surface area contributed by atoms with Crippen molar-refractivity contribution in [3.63, 3.8) is 0 Å². The minimum atomic E-state index is -0.215. The Labute approximate surface area is 155 Å². The molecule has 26 heavy (non-hydrogen) atoms. The predicted octanol–water partition coefficient (Wildman–Crippen LogP) is 5.14. The van der Waals surface area contributed by atoms with Gasteiger partial charge in [-0.05, 0) is 60.4 Å². The van der Waals surface area contributed by atoms with Gasteiger partial charge in [0.1, 0.15) is 5.75 Å². The molecular formula is C23H25NO2. The highest BCUT2D eigenvalue weighted by molar-refractivity contribution is 5.88.